The van der Waals surface area contributed by atoms with Crippen molar-refractivity contribution < 1.29 is 37.0 Å². The largest absolute Gasteiger partial charge is 0.497 e. The average Bonchev–Trinajstić information content (AvgIpc) is 3.59. The number of fused-ring (bicyclic) bond motifs is 1. The number of benzene rings is 2. The van der Waals surface area contributed by atoms with E-state index in [-0.39, 0.29) is 11.4 Å². The molecule has 2 amide bonds. The normalized spacial score (nSPS) is 11.8. The fourth-order valence-electron chi connectivity index (χ4n) is 5.44. The minimum absolute atomic E-state index is 0.216. The number of nitrogens with one attached hydrogen (secondary N) is 4. The predicted octanol–water partition coefficient (Wildman–Crippen LogP) is 8.63. The van der Waals surface area contributed by atoms with E-state index in [1.807, 2.05) is 45.1 Å². The minimum Gasteiger partial charge on any atom is -0.497 e. The van der Waals surface area contributed by atoms with Gasteiger partial charge in [-0.05, 0) is 76.4 Å². The van der Waals surface area contributed by atoms with Gasteiger partial charge in [-0.25, -0.2) is 14.8 Å². The first-order valence-corrected chi connectivity index (χ1v) is 17.2. The van der Waals surface area contributed by atoms with Crippen molar-refractivity contribution in [2.24, 2.45) is 0 Å². The highest BCUT2D eigenvalue weighted by molar-refractivity contribution is 6.06. The molecule has 0 aliphatic carbocycles. The average molecular weight is 746 g/mol. The van der Waals surface area contributed by atoms with Gasteiger partial charge in [0.2, 0.25) is 0 Å². The van der Waals surface area contributed by atoms with Crippen LogP contribution in [-0.2, 0) is 17.5 Å². The summed E-state index contributed by atoms with van der Waals surface area (Å²) in [5.41, 5.74) is 2.38. The topological polar surface area (TPSA) is 152 Å². The second-order valence-electron chi connectivity index (χ2n) is 13.2. The quantitative estimate of drug-likeness (QED) is 0.0819. The maximum atomic E-state index is 13.2. The fourth-order valence-corrected chi connectivity index (χ4v) is 5.44. The van der Waals surface area contributed by atoms with Gasteiger partial charge < -0.3 is 30.2 Å². The van der Waals surface area contributed by atoms with Crippen molar-refractivity contribution in [1.82, 2.24) is 25.5 Å². The number of rotatable bonds is 14. The molecule has 0 atom stereocenters. The van der Waals surface area contributed by atoms with E-state index in [1.165, 1.54) is 0 Å². The number of carbonyl (C=O) groups excluding carboxylic acids is 2. The summed E-state index contributed by atoms with van der Waals surface area (Å²) < 4.78 is 55.7. The molecule has 5 aromatic rings. The van der Waals surface area contributed by atoms with E-state index >= 15 is 0 Å². The van der Waals surface area contributed by atoms with Crippen LogP contribution in [0.5, 0.6) is 11.5 Å². The second kappa shape index (κ2) is 17.1. The summed E-state index contributed by atoms with van der Waals surface area (Å²) in [7, 11) is 3.17. The number of anilines is 2. The number of nitrogens with zero attached hydrogens (tertiary/aromatic N) is 3. The molecule has 0 aliphatic rings. The third-order valence-electron chi connectivity index (χ3n) is 8.08. The lowest BCUT2D eigenvalue weighted by molar-refractivity contribution is -0.137. The molecule has 0 spiro atoms. The molecule has 0 bridgehead atoms. The Bertz CT molecular complexity index is 2110. The van der Waals surface area contributed by atoms with Crippen LogP contribution in [0.3, 0.4) is 0 Å². The van der Waals surface area contributed by atoms with Gasteiger partial charge in [-0.2, -0.15) is 18.3 Å². The molecule has 2 aromatic carbocycles. The molecule has 0 saturated carbocycles. The van der Waals surface area contributed by atoms with Crippen LogP contribution in [0.1, 0.15) is 67.1 Å². The number of hydrogen-bond donors (Lipinski definition) is 4. The molecule has 0 radical (unpaired) electrons. The van der Waals surface area contributed by atoms with Gasteiger partial charge in [0, 0.05) is 53.8 Å². The molecule has 3 aromatic heterocycles. The van der Waals surface area contributed by atoms with E-state index in [4.69, 9.17) is 19.2 Å². The predicted molar refractivity (Wildman–Crippen MR) is 201 cm³/mol. The Balaban J connectivity index is 1.36. The van der Waals surface area contributed by atoms with Gasteiger partial charge in [-0.1, -0.05) is 24.3 Å². The van der Waals surface area contributed by atoms with E-state index in [9.17, 15) is 22.8 Å². The zero-order valence-electron chi connectivity index (χ0n) is 30.6. The van der Waals surface area contributed by atoms with Crippen LogP contribution < -0.4 is 25.4 Å². The minimum atomic E-state index is -4.57. The first-order chi connectivity index (χ1) is 25.8. The molecular weight excluding hydrogens is 703 g/mol. The van der Waals surface area contributed by atoms with Crippen molar-refractivity contribution in [1.29, 1.82) is 0 Å². The summed E-state index contributed by atoms with van der Waals surface area (Å²) in [4.78, 5) is 33.4. The molecule has 4 N–H and O–H groups in total. The number of pyridine rings is 2. The van der Waals surface area contributed by atoms with Crippen molar-refractivity contribution in [3.05, 3.63) is 95.3 Å². The molecule has 0 unspecified atom stereocenters. The van der Waals surface area contributed by atoms with Gasteiger partial charge in [0.25, 0.3) is 5.91 Å². The smallest absolute Gasteiger partial charge is 0.416 e. The Morgan fingerprint density at radius 1 is 0.944 bits per heavy atom. The number of methoxy groups -OCH3 is 2. The third kappa shape index (κ3) is 10.3. The van der Waals surface area contributed by atoms with Crippen LogP contribution in [0.25, 0.3) is 28.2 Å². The van der Waals surface area contributed by atoms with Gasteiger partial charge in [-0.3, -0.25) is 9.89 Å². The third-order valence-corrected chi connectivity index (χ3v) is 8.08. The number of aromatic nitrogens is 4. The van der Waals surface area contributed by atoms with E-state index in [0.717, 1.165) is 48.7 Å². The molecule has 0 saturated heterocycles. The van der Waals surface area contributed by atoms with Gasteiger partial charge in [-0.15, -0.1) is 0 Å². The standard InChI is InChI=1S/C39H42F3N7O5/c1-38(2,3)54-37(51)44-18-9-7-6-8-10-27-23-46-35(45-22-26-15-16-29(52-4)21-30(26)53-5)32-33(48-49-34(27)32)24-11-13-25(14-12-24)36(50)47-31-20-28(17-19-43-31)39(40,41)42/h8,10-17,19-21,23H,6-7,9,18,22H2,1-5H3,(H,44,51)(H,45,46)(H,48,49)(H,43,47,50)/b10-8+. The number of H-pyrrole nitrogens is 1. The lowest BCUT2D eigenvalue weighted by Gasteiger charge is -2.19. The number of amides is 2. The van der Waals surface area contributed by atoms with Crippen LogP contribution in [-0.4, -0.2) is 58.5 Å². The number of allylic oxidation sites excluding steroid dienone is 1. The number of hydrogen-bond acceptors (Lipinski definition) is 9. The first kappa shape index (κ1) is 39.1. The fraction of sp³-hybridized carbons (Fsp3) is 0.308. The van der Waals surface area contributed by atoms with E-state index in [0.29, 0.717) is 52.6 Å². The Morgan fingerprint density at radius 2 is 1.72 bits per heavy atom. The Kier molecular flexibility index (Phi) is 12.4. The highest BCUT2D eigenvalue weighted by Gasteiger charge is 2.31. The van der Waals surface area contributed by atoms with Gasteiger partial charge in [0.05, 0.1) is 30.9 Å². The van der Waals surface area contributed by atoms with E-state index in [1.54, 1.807) is 50.7 Å². The molecule has 0 aliphatic heterocycles. The lowest BCUT2D eigenvalue weighted by atomic mass is 10.0. The van der Waals surface area contributed by atoms with Crippen molar-refractivity contribution >= 4 is 40.6 Å². The number of unbranched alkanes of at least 4 members (excludes halogenated alkanes) is 2. The molecule has 12 nitrogen and oxygen atoms in total. The number of alkyl halides is 3. The van der Waals surface area contributed by atoms with Crippen LogP contribution in [0, 0.1) is 0 Å². The molecule has 5 rings (SSSR count). The van der Waals surface area contributed by atoms with Crippen LogP contribution in [0.4, 0.5) is 29.6 Å². The van der Waals surface area contributed by atoms with Crippen molar-refractivity contribution in [3.63, 3.8) is 0 Å². The SMILES string of the molecule is COc1ccc(CNc2ncc(/C=C/CCCCNC(=O)OC(C)(C)C)c3n[nH]c(-c4ccc(C(=O)Nc5cc(C(F)(F)F)ccn5)cc4)c23)c(OC)c1. The zero-order chi connectivity index (χ0) is 38.9. The summed E-state index contributed by atoms with van der Waals surface area (Å²) in [6.07, 6.45) is 4.05. The summed E-state index contributed by atoms with van der Waals surface area (Å²) in [5, 5.41) is 17.1. The van der Waals surface area contributed by atoms with Gasteiger partial charge >= 0.3 is 12.3 Å². The summed E-state index contributed by atoms with van der Waals surface area (Å²) in [5.74, 6) is 1.02. The summed E-state index contributed by atoms with van der Waals surface area (Å²) in [6.45, 7) is 6.32. The Morgan fingerprint density at radius 3 is 2.43 bits per heavy atom. The van der Waals surface area contributed by atoms with Crippen molar-refractivity contribution in [3.8, 4) is 22.8 Å². The maximum Gasteiger partial charge on any atom is 0.416 e. The highest BCUT2D eigenvalue weighted by Crippen LogP contribution is 2.35. The number of ether oxygens (including phenoxy) is 3. The van der Waals surface area contributed by atoms with Crippen LogP contribution >= 0.6 is 0 Å². The number of alkyl carbamates (subject to hydrolysis) is 1. The Labute approximate surface area is 310 Å². The van der Waals surface area contributed by atoms with Crippen molar-refractivity contribution in [2.45, 2.75) is 58.4 Å². The second-order valence-corrected chi connectivity index (χ2v) is 13.2. The molecule has 284 valence electrons. The molecule has 15 heteroatoms. The Hall–Kier alpha value is -6.12. The number of halogens is 3. The molecule has 3 heterocycles. The molecule has 0 fully saturated rings. The van der Waals surface area contributed by atoms with Gasteiger partial charge in [0.15, 0.2) is 0 Å². The maximum absolute atomic E-state index is 13.2. The van der Waals surface area contributed by atoms with E-state index < -0.39 is 29.3 Å². The summed E-state index contributed by atoms with van der Waals surface area (Å²) >= 11 is 0. The van der Waals surface area contributed by atoms with Crippen molar-refractivity contribution in [2.75, 3.05) is 31.4 Å². The summed E-state index contributed by atoms with van der Waals surface area (Å²) in [6, 6.07) is 13.7. The van der Waals surface area contributed by atoms with Crippen LogP contribution in [0.2, 0.25) is 0 Å². The number of carbonyl (C=O) groups is 2. The first-order valence-electron chi connectivity index (χ1n) is 17.2. The van der Waals surface area contributed by atoms with E-state index in [2.05, 4.69) is 31.1 Å². The zero-order valence-corrected chi connectivity index (χ0v) is 30.6. The highest BCUT2D eigenvalue weighted by atomic mass is 19.4. The molecule has 54 heavy (non-hydrogen) atoms. The molecular formula is C39H42F3N7O5. The van der Waals surface area contributed by atoms with Gasteiger partial charge in [0.1, 0.15) is 34.3 Å². The monoisotopic (exact) mass is 745 g/mol. The van der Waals surface area contributed by atoms with Crippen LogP contribution in [0.15, 0.2) is 73.1 Å². The number of aromatic amines is 1. The lowest BCUT2D eigenvalue weighted by Crippen LogP contribution is -2.32.